The van der Waals surface area contributed by atoms with Gasteiger partial charge in [0, 0.05) is 17.7 Å². The van der Waals surface area contributed by atoms with Crippen LogP contribution in [0.1, 0.15) is 21.5 Å². The Labute approximate surface area is 132 Å². The first-order valence-electron chi connectivity index (χ1n) is 6.94. The predicted molar refractivity (Wildman–Crippen MR) is 85.3 cm³/mol. The number of nitro benzene ring substituents is 1. The molecular weight excluding hydrogens is 297 g/mol. The van der Waals surface area contributed by atoms with Crippen LogP contribution in [0.15, 0.2) is 48.5 Å². The number of hydrogen-bond acceptors (Lipinski definition) is 5. The average molecular weight is 309 g/mol. The van der Waals surface area contributed by atoms with Gasteiger partial charge in [-0.05, 0) is 34.8 Å². The van der Waals surface area contributed by atoms with Crippen molar-refractivity contribution in [2.75, 3.05) is 0 Å². The van der Waals surface area contributed by atoms with E-state index in [2.05, 4.69) is 0 Å². The molecule has 0 spiro atoms. The van der Waals surface area contributed by atoms with Crippen molar-refractivity contribution in [3.8, 4) is 0 Å². The zero-order chi connectivity index (χ0) is 16.4. The molecular formula is C16H12BNO5. The molecule has 7 heteroatoms. The second-order valence-electron chi connectivity index (χ2n) is 5.12. The van der Waals surface area contributed by atoms with E-state index >= 15 is 0 Å². The van der Waals surface area contributed by atoms with Crippen LogP contribution < -0.4 is 5.46 Å². The summed E-state index contributed by atoms with van der Waals surface area (Å²) in [7, 11) is -0.927. The molecule has 0 bridgehead atoms. The normalized spacial score (nSPS) is 13.3. The summed E-state index contributed by atoms with van der Waals surface area (Å²) in [5.74, 6) is -0.253. The smallest absolute Gasteiger partial charge is 0.423 e. The van der Waals surface area contributed by atoms with Gasteiger partial charge in [-0.3, -0.25) is 14.9 Å². The van der Waals surface area contributed by atoms with Gasteiger partial charge in [0.25, 0.3) is 5.69 Å². The molecule has 0 amide bonds. The number of nitrogens with zero attached hydrogens (tertiary/aromatic N) is 1. The van der Waals surface area contributed by atoms with E-state index in [0.29, 0.717) is 17.6 Å². The fourth-order valence-electron chi connectivity index (χ4n) is 2.35. The number of carbonyl (C=O) groups is 1. The summed E-state index contributed by atoms with van der Waals surface area (Å²) in [5.41, 5.74) is 2.71. The van der Waals surface area contributed by atoms with Crippen LogP contribution in [-0.2, 0) is 11.3 Å². The van der Waals surface area contributed by atoms with Gasteiger partial charge < -0.3 is 9.68 Å². The summed E-state index contributed by atoms with van der Waals surface area (Å²) in [6.45, 7) is 0.377. The lowest BCUT2D eigenvalue weighted by Crippen LogP contribution is -2.28. The molecule has 0 radical (unpaired) electrons. The van der Waals surface area contributed by atoms with Crippen LogP contribution in [0.2, 0.25) is 0 Å². The third-order valence-electron chi connectivity index (χ3n) is 3.62. The number of ketones is 1. The SMILES string of the molecule is O=C(/C=C/c1ccc2c(c1)B(O)OC2)c1ccc([N+](=O)[O-])cc1. The zero-order valence-corrected chi connectivity index (χ0v) is 12.0. The first-order valence-corrected chi connectivity index (χ1v) is 6.94. The van der Waals surface area contributed by atoms with E-state index in [1.54, 1.807) is 12.1 Å². The number of nitro groups is 1. The number of rotatable bonds is 4. The van der Waals surface area contributed by atoms with Crippen LogP contribution in [0.5, 0.6) is 0 Å². The monoisotopic (exact) mass is 309 g/mol. The maximum atomic E-state index is 12.1. The molecule has 0 fully saturated rings. The Hall–Kier alpha value is -2.77. The van der Waals surface area contributed by atoms with Crippen LogP contribution in [0.4, 0.5) is 5.69 Å². The fourth-order valence-corrected chi connectivity index (χ4v) is 2.35. The molecule has 2 aromatic rings. The standard InChI is InChI=1S/C16H12BNO5/c19-16(12-4-6-14(7-5-12)18(21)22)8-2-11-1-3-13-10-23-17(20)15(13)9-11/h1-9,20H,10H2/b8-2+. The van der Waals surface area contributed by atoms with E-state index < -0.39 is 12.0 Å². The van der Waals surface area contributed by atoms with Crippen molar-refractivity contribution in [2.45, 2.75) is 6.61 Å². The highest BCUT2D eigenvalue weighted by atomic mass is 16.6. The molecule has 1 aliphatic rings. The fraction of sp³-hybridized carbons (Fsp3) is 0.0625. The molecule has 0 saturated heterocycles. The van der Waals surface area contributed by atoms with Crippen LogP contribution in [-0.4, -0.2) is 22.8 Å². The molecule has 23 heavy (non-hydrogen) atoms. The second-order valence-corrected chi connectivity index (χ2v) is 5.12. The Kier molecular flexibility index (Phi) is 4.05. The van der Waals surface area contributed by atoms with E-state index in [1.807, 2.05) is 12.1 Å². The van der Waals surface area contributed by atoms with Crippen LogP contribution >= 0.6 is 0 Å². The molecule has 1 aliphatic heterocycles. The quantitative estimate of drug-likeness (QED) is 0.305. The maximum absolute atomic E-state index is 12.1. The summed E-state index contributed by atoms with van der Waals surface area (Å²) < 4.78 is 5.11. The van der Waals surface area contributed by atoms with Crippen molar-refractivity contribution >= 4 is 30.1 Å². The lowest BCUT2D eigenvalue weighted by Gasteiger charge is -2.00. The highest BCUT2D eigenvalue weighted by Gasteiger charge is 2.26. The van der Waals surface area contributed by atoms with Crippen LogP contribution in [0.3, 0.4) is 0 Å². The maximum Gasteiger partial charge on any atom is 0.491 e. The van der Waals surface area contributed by atoms with E-state index in [4.69, 9.17) is 4.65 Å². The molecule has 0 atom stereocenters. The van der Waals surface area contributed by atoms with Gasteiger partial charge in [0.15, 0.2) is 5.78 Å². The highest BCUT2D eigenvalue weighted by Crippen LogP contribution is 2.15. The minimum Gasteiger partial charge on any atom is -0.423 e. The third-order valence-corrected chi connectivity index (χ3v) is 3.62. The van der Waals surface area contributed by atoms with E-state index in [9.17, 15) is 19.9 Å². The summed E-state index contributed by atoms with van der Waals surface area (Å²) in [4.78, 5) is 22.1. The summed E-state index contributed by atoms with van der Waals surface area (Å²) >= 11 is 0. The molecule has 1 N–H and O–H groups in total. The number of fused-ring (bicyclic) bond motifs is 1. The predicted octanol–water partition coefficient (Wildman–Crippen LogP) is 1.71. The minimum atomic E-state index is -0.927. The van der Waals surface area contributed by atoms with Crippen molar-refractivity contribution in [3.05, 3.63) is 75.3 Å². The Bertz CT molecular complexity index is 801. The number of hydrogen-bond donors (Lipinski definition) is 1. The second kappa shape index (κ2) is 6.16. The first kappa shape index (κ1) is 15.1. The minimum absolute atomic E-state index is 0.0573. The van der Waals surface area contributed by atoms with Gasteiger partial charge in [-0.1, -0.05) is 24.3 Å². The number of allylic oxidation sites excluding steroid dienone is 1. The summed E-state index contributed by atoms with van der Waals surface area (Å²) in [6, 6.07) is 10.9. The highest BCUT2D eigenvalue weighted by molar-refractivity contribution is 6.61. The Morgan fingerprint density at radius 3 is 2.70 bits per heavy atom. The van der Waals surface area contributed by atoms with Gasteiger partial charge in [-0.25, -0.2) is 0 Å². The molecule has 6 nitrogen and oxygen atoms in total. The zero-order valence-electron chi connectivity index (χ0n) is 12.0. The third kappa shape index (κ3) is 3.20. The molecule has 114 valence electrons. The number of non-ortho nitro benzene ring substituents is 1. The van der Waals surface area contributed by atoms with Gasteiger partial charge >= 0.3 is 7.12 Å². The van der Waals surface area contributed by atoms with Gasteiger partial charge in [-0.2, -0.15) is 0 Å². The van der Waals surface area contributed by atoms with Crippen molar-refractivity contribution in [2.24, 2.45) is 0 Å². The lowest BCUT2D eigenvalue weighted by atomic mass is 9.79. The Morgan fingerprint density at radius 1 is 1.26 bits per heavy atom. The Morgan fingerprint density at radius 2 is 2.00 bits per heavy atom. The van der Waals surface area contributed by atoms with Crippen molar-refractivity contribution < 1.29 is 19.4 Å². The van der Waals surface area contributed by atoms with Crippen LogP contribution in [0.25, 0.3) is 6.08 Å². The molecule has 0 aliphatic carbocycles. The van der Waals surface area contributed by atoms with E-state index in [-0.39, 0.29) is 11.5 Å². The summed E-state index contributed by atoms with van der Waals surface area (Å²) in [6.07, 6.45) is 3.03. The van der Waals surface area contributed by atoms with Crippen molar-refractivity contribution in [3.63, 3.8) is 0 Å². The molecule has 0 saturated carbocycles. The first-order chi connectivity index (χ1) is 11.0. The van der Waals surface area contributed by atoms with Gasteiger partial charge in [-0.15, -0.1) is 0 Å². The summed E-state index contributed by atoms with van der Waals surface area (Å²) in [5, 5.41) is 20.3. The van der Waals surface area contributed by atoms with Crippen LogP contribution in [0, 0.1) is 10.1 Å². The Balaban J connectivity index is 1.76. The molecule has 2 aromatic carbocycles. The number of carbonyl (C=O) groups excluding carboxylic acids is 1. The van der Waals surface area contributed by atoms with Gasteiger partial charge in [0.2, 0.25) is 0 Å². The average Bonchev–Trinajstić information content (AvgIpc) is 2.93. The molecule has 0 aromatic heterocycles. The number of benzene rings is 2. The topological polar surface area (TPSA) is 89.7 Å². The van der Waals surface area contributed by atoms with Gasteiger partial charge in [0.05, 0.1) is 11.5 Å². The molecule has 3 rings (SSSR count). The largest absolute Gasteiger partial charge is 0.491 e. The molecule has 0 unspecified atom stereocenters. The van der Waals surface area contributed by atoms with Gasteiger partial charge in [0.1, 0.15) is 0 Å². The lowest BCUT2D eigenvalue weighted by molar-refractivity contribution is -0.384. The van der Waals surface area contributed by atoms with E-state index in [0.717, 1.165) is 11.1 Å². The van der Waals surface area contributed by atoms with Crippen molar-refractivity contribution in [1.29, 1.82) is 0 Å². The molecule has 1 heterocycles. The van der Waals surface area contributed by atoms with E-state index in [1.165, 1.54) is 30.3 Å². The van der Waals surface area contributed by atoms with Crippen molar-refractivity contribution in [1.82, 2.24) is 0 Å².